The minimum absolute atomic E-state index is 0.202. The monoisotopic (exact) mass is 370 g/mol. The first-order valence-electron chi connectivity index (χ1n) is 5.94. The van der Waals surface area contributed by atoms with Gasteiger partial charge in [-0.1, -0.05) is 12.1 Å². The number of benzene rings is 1. The van der Waals surface area contributed by atoms with Crippen molar-refractivity contribution in [2.24, 2.45) is 0 Å². The molecule has 2 aromatic rings. The number of nitrogens with zero attached hydrogens (tertiary/aromatic N) is 2. The number of hydrogen-bond donors (Lipinski definition) is 0. The largest absolute Gasteiger partial charge is 0.265 e. The molecule has 20 heavy (non-hydrogen) atoms. The van der Waals surface area contributed by atoms with Gasteiger partial charge in [-0.05, 0) is 34.1 Å². The number of anilines is 1. The number of aromatic nitrogens is 1. The Balaban J connectivity index is 2.10. The van der Waals surface area contributed by atoms with Gasteiger partial charge in [0.1, 0.15) is 4.90 Å². The zero-order valence-corrected chi connectivity index (χ0v) is 13.6. The average Bonchev–Trinajstić information content (AvgIpc) is 2.46. The van der Waals surface area contributed by atoms with Crippen LogP contribution in [0.15, 0.2) is 57.0 Å². The van der Waals surface area contributed by atoms with Gasteiger partial charge in [-0.2, -0.15) is 0 Å². The third-order valence-corrected chi connectivity index (χ3v) is 6.21. The fourth-order valence-electron chi connectivity index (χ4n) is 2.05. The van der Waals surface area contributed by atoms with E-state index in [0.29, 0.717) is 11.0 Å². The van der Waals surface area contributed by atoms with Crippen LogP contribution in [0.2, 0.25) is 0 Å². The number of halogens is 1. The molecule has 2 heterocycles. The molecule has 104 valence electrons. The van der Waals surface area contributed by atoms with Crippen molar-refractivity contribution in [3.8, 4) is 0 Å². The number of hydrogen-bond acceptors (Lipinski definition) is 4. The van der Waals surface area contributed by atoms with Crippen molar-refractivity contribution in [1.82, 2.24) is 4.98 Å². The normalized spacial score (nSPS) is 14.9. The molecule has 0 amide bonds. The van der Waals surface area contributed by atoms with E-state index in [4.69, 9.17) is 0 Å². The van der Waals surface area contributed by atoms with Crippen molar-refractivity contribution in [2.75, 3.05) is 16.6 Å². The first-order valence-corrected chi connectivity index (χ1v) is 9.16. The number of fused-ring (bicyclic) bond motifs is 1. The second kappa shape index (κ2) is 5.38. The lowest BCUT2D eigenvalue weighted by molar-refractivity contribution is 0.591. The Morgan fingerprint density at radius 1 is 1.25 bits per heavy atom. The lowest BCUT2D eigenvalue weighted by atomic mass is 10.3. The predicted octanol–water partition coefficient (Wildman–Crippen LogP) is 3.15. The van der Waals surface area contributed by atoms with Crippen LogP contribution in [0.3, 0.4) is 0 Å². The standard InChI is InChI=1S/C13H11BrN2O2S2/c14-10-7-11(9-15-8-10)20(17,18)16-5-6-19-13-4-2-1-3-12(13)16/h1-4,7-9H,5-6H2. The number of thioether (sulfide) groups is 1. The Hall–Kier alpha value is -1.05. The summed E-state index contributed by atoms with van der Waals surface area (Å²) >= 11 is 4.94. The van der Waals surface area contributed by atoms with Crippen molar-refractivity contribution in [3.63, 3.8) is 0 Å². The molecule has 0 unspecified atom stereocenters. The van der Waals surface area contributed by atoms with Gasteiger partial charge in [0.25, 0.3) is 10.0 Å². The molecule has 3 rings (SSSR count). The van der Waals surface area contributed by atoms with E-state index < -0.39 is 10.0 Å². The smallest absolute Gasteiger partial charge is 0.264 e. The maximum atomic E-state index is 12.8. The van der Waals surface area contributed by atoms with Crippen LogP contribution < -0.4 is 4.31 Å². The highest BCUT2D eigenvalue weighted by molar-refractivity contribution is 9.10. The zero-order chi connectivity index (χ0) is 14.2. The quantitative estimate of drug-likeness (QED) is 0.814. The highest BCUT2D eigenvalue weighted by Crippen LogP contribution is 2.37. The average molecular weight is 371 g/mol. The summed E-state index contributed by atoms with van der Waals surface area (Å²) in [6.07, 6.45) is 2.95. The number of sulfonamides is 1. The van der Waals surface area contributed by atoms with Gasteiger partial charge < -0.3 is 0 Å². The molecule has 0 atom stereocenters. The van der Waals surface area contributed by atoms with Crippen molar-refractivity contribution < 1.29 is 8.42 Å². The van der Waals surface area contributed by atoms with E-state index in [9.17, 15) is 8.42 Å². The molecule has 0 radical (unpaired) electrons. The lowest BCUT2D eigenvalue weighted by Gasteiger charge is -2.29. The Morgan fingerprint density at radius 2 is 2.05 bits per heavy atom. The third-order valence-electron chi connectivity index (χ3n) is 2.95. The van der Waals surface area contributed by atoms with Crippen molar-refractivity contribution in [3.05, 3.63) is 47.2 Å². The summed E-state index contributed by atoms with van der Waals surface area (Å²) < 4.78 is 27.6. The van der Waals surface area contributed by atoms with E-state index in [1.807, 2.05) is 24.3 Å². The molecule has 0 aliphatic carbocycles. The third kappa shape index (κ3) is 2.45. The molecule has 0 fully saturated rings. The van der Waals surface area contributed by atoms with Gasteiger partial charge in [-0.15, -0.1) is 11.8 Å². The van der Waals surface area contributed by atoms with Crippen LogP contribution in [-0.2, 0) is 10.0 Å². The summed E-state index contributed by atoms with van der Waals surface area (Å²) in [6, 6.07) is 9.13. The highest BCUT2D eigenvalue weighted by atomic mass is 79.9. The highest BCUT2D eigenvalue weighted by Gasteiger charge is 2.29. The van der Waals surface area contributed by atoms with Crippen molar-refractivity contribution in [2.45, 2.75) is 9.79 Å². The van der Waals surface area contributed by atoms with E-state index in [0.717, 1.165) is 16.3 Å². The Bertz CT molecular complexity index is 750. The van der Waals surface area contributed by atoms with E-state index in [1.54, 1.807) is 24.0 Å². The molecule has 0 spiro atoms. The van der Waals surface area contributed by atoms with Gasteiger partial charge in [-0.25, -0.2) is 8.42 Å². The molecular weight excluding hydrogens is 360 g/mol. The van der Waals surface area contributed by atoms with Gasteiger partial charge in [0.15, 0.2) is 0 Å². The maximum absolute atomic E-state index is 12.8. The molecule has 4 nitrogen and oxygen atoms in total. The maximum Gasteiger partial charge on any atom is 0.265 e. The Kier molecular flexibility index (Phi) is 3.74. The summed E-state index contributed by atoms with van der Waals surface area (Å²) in [5.41, 5.74) is 0.740. The number of rotatable bonds is 2. The first-order chi connectivity index (χ1) is 9.59. The summed E-state index contributed by atoms with van der Waals surface area (Å²) in [7, 11) is -3.57. The van der Waals surface area contributed by atoms with Crippen molar-refractivity contribution in [1.29, 1.82) is 0 Å². The number of pyridine rings is 1. The number of para-hydroxylation sites is 1. The first kappa shape index (κ1) is 13.9. The minimum Gasteiger partial charge on any atom is -0.264 e. The molecule has 0 saturated carbocycles. The molecule has 1 aliphatic heterocycles. The van der Waals surface area contributed by atoms with E-state index in [1.165, 1.54) is 10.5 Å². The van der Waals surface area contributed by atoms with Crippen LogP contribution in [0.5, 0.6) is 0 Å². The van der Waals surface area contributed by atoms with Crippen LogP contribution in [0.25, 0.3) is 0 Å². The Morgan fingerprint density at radius 3 is 2.85 bits per heavy atom. The van der Waals surface area contributed by atoms with E-state index >= 15 is 0 Å². The SMILES string of the molecule is O=S(=O)(c1cncc(Br)c1)N1CCSc2ccccc21. The van der Waals surface area contributed by atoms with Gasteiger partial charge in [0.2, 0.25) is 0 Å². The lowest BCUT2D eigenvalue weighted by Crippen LogP contribution is -2.35. The molecule has 0 bridgehead atoms. The van der Waals surface area contributed by atoms with E-state index in [2.05, 4.69) is 20.9 Å². The summed E-state index contributed by atoms with van der Waals surface area (Å²) in [5.74, 6) is 0.748. The van der Waals surface area contributed by atoms with Gasteiger partial charge >= 0.3 is 0 Å². The van der Waals surface area contributed by atoms with Crippen LogP contribution in [-0.4, -0.2) is 25.7 Å². The zero-order valence-electron chi connectivity index (χ0n) is 10.4. The predicted molar refractivity (Wildman–Crippen MR) is 83.6 cm³/mol. The molecule has 1 aromatic carbocycles. The van der Waals surface area contributed by atoms with Crippen LogP contribution in [0.1, 0.15) is 0 Å². The summed E-state index contributed by atoms with van der Waals surface area (Å²) in [4.78, 5) is 5.14. The molecular formula is C13H11BrN2O2S2. The fourth-order valence-corrected chi connectivity index (χ4v) is 5.21. The molecule has 1 aliphatic rings. The topological polar surface area (TPSA) is 50.3 Å². The summed E-state index contributed by atoms with van der Waals surface area (Å²) in [5, 5.41) is 0. The second-order valence-electron chi connectivity index (χ2n) is 4.23. The minimum atomic E-state index is -3.57. The molecule has 7 heteroatoms. The molecule has 0 N–H and O–H groups in total. The molecule has 0 saturated heterocycles. The van der Waals surface area contributed by atoms with Crippen molar-refractivity contribution >= 4 is 43.4 Å². The summed E-state index contributed by atoms with van der Waals surface area (Å²) in [6.45, 7) is 0.469. The van der Waals surface area contributed by atoms with Gasteiger partial charge in [0.05, 0.1) is 5.69 Å². The molecule has 1 aromatic heterocycles. The fraction of sp³-hybridized carbons (Fsp3) is 0.154. The van der Waals surface area contributed by atoms with Crippen LogP contribution in [0.4, 0.5) is 5.69 Å². The van der Waals surface area contributed by atoms with Gasteiger partial charge in [0, 0.05) is 34.1 Å². The van der Waals surface area contributed by atoms with Crippen LogP contribution >= 0.6 is 27.7 Å². The Labute approximate surface area is 130 Å². The second-order valence-corrected chi connectivity index (χ2v) is 8.15. The van der Waals surface area contributed by atoms with E-state index in [-0.39, 0.29) is 4.90 Å². The van der Waals surface area contributed by atoms with Crippen LogP contribution in [0, 0.1) is 0 Å². The van der Waals surface area contributed by atoms with Gasteiger partial charge in [-0.3, -0.25) is 9.29 Å².